The van der Waals surface area contributed by atoms with E-state index in [0.29, 0.717) is 32.3 Å². The van der Waals surface area contributed by atoms with Crippen LogP contribution in [0.4, 0.5) is 0 Å². The van der Waals surface area contributed by atoms with Gasteiger partial charge in [0.05, 0.1) is 14.4 Å². The molecule has 0 aromatic heterocycles. The summed E-state index contributed by atoms with van der Waals surface area (Å²) in [5.41, 5.74) is 0. The summed E-state index contributed by atoms with van der Waals surface area (Å²) in [6.07, 6.45) is 1.60. The molecule has 2 radical (unpaired) electrons. The molecule has 0 saturated heterocycles. The van der Waals surface area contributed by atoms with Crippen molar-refractivity contribution in [2.75, 3.05) is 26.7 Å². The monoisotopic (exact) mass is 210 g/mol. The van der Waals surface area contributed by atoms with Gasteiger partial charge in [-0.25, -0.2) is 0 Å². The van der Waals surface area contributed by atoms with E-state index >= 15 is 0 Å². The lowest BCUT2D eigenvalue weighted by atomic mass is 10.00. The summed E-state index contributed by atoms with van der Waals surface area (Å²) in [5, 5.41) is 2.95. The molecule has 0 fully saturated rings. The van der Waals surface area contributed by atoms with Crippen molar-refractivity contribution in [3.63, 3.8) is 0 Å². The van der Waals surface area contributed by atoms with Gasteiger partial charge in [0.25, 0.3) is 0 Å². The molecule has 0 rings (SSSR count). The van der Waals surface area contributed by atoms with Crippen molar-refractivity contribution in [3.8, 4) is 0 Å². The normalized spacial score (nSPS) is 10.0. The molecule has 1 N–H and O–H groups in total. The van der Waals surface area contributed by atoms with Crippen LogP contribution >= 0.6 is 0 Å². The fraction of sp³-hybridized carbons (Fsp3) is 0.800. The molecule has 84 valence electrons. The van der Waals surface area contributed by atoms with Crippen molar-refractivity contribution < 1.29 is 9.59 Å². The number of amides is 1. The van der Waals surface area contributed by atoms with Crippen LogP contribution in [0, 0.1) is 0 Å². The van der Waals surface area contributed by atoms with E-state index in [9.17, 15) is 9.59 Å². The number of nitrogens with zero attached hydrogens (tertiary/aromatic N) is 1. The SMILES string of the molecule is [B]CCCC(=O)N(CCNC)CC(C)=O. The molecule has 0 aliphatic heterocycles. The third kappa shape index (κ3) is 7.14. The van der Waals surface area contributed by atoms with Crippen molar-refractivity contribution in [2.24, 2.45) is 0 Å². The van der Waals surface area contributed by atoms with Gasteiger partial charge in [-0.2, -0.15) is 0 Å². The second kappa shape index (κ2) is 8.47. The minimum Gasteiger partial charge on any atom is -0.334 e. The first-order valence-corrected chi connectivity index (χ1v) is 5.23. The average Bonchev–Trinajstić information content (AvgIpc) is 2.20. The summed E-state index contributed by atoms with van der Waals surface area (Å²) in [7, 11) is 7.14. The van der Waals surface area contributed by atoms with Crippen LogP contribution in [0.3, 0.4) is 0 Å². The molecule has 0 bridgehead atoms. The summed E-state index contributed by atoms with van der Waals surface area (Å²) in [6.45, 7) is 2.95. The van der Waals surface area contributed by atoms with Gasteiger partial charge in [0, 0.05) is 19.5 Å². The van der Waals surface area contributed by atoms with Crippen LogP contribution in [0.25, 0.3) is 0 Å². The van der Waals surface area contributed by atoms with Crippen LogP contribution in [0.5, 0.6) is 0 Å². The summed E-state index contributed by atoms with van der Waals surface area (Å²) in [5.74, 6) is 0.0121. The van der Waals surface area contributed by atoms with E-state index in [1.807, 2.05) is 7.05 Å². The van der Waals surface area contributed by atoms with Gasteiger partial charge >= 0.3 is 0 Å². The number of Topliss-reactive ketones (excluding diaryl/α,β-unsaturated/α-hetero) is 1. The fourth-order valence-electron chi connectivity index (χ4n) is 1.22. The number of likely N-dealkylation sites (N-methyl/N-ethyl adjacent to an activating group) is 1. The minimum atomic E-state index is 0.00546. The predicted molar refractivity (Wildman–Crippen MR) is 61.0 cm³/mol. The van der Waals surface area contributed by atoms with E-state index < -0.39 is 0 Å². The highest BCUT2D eigenvalue weighted by Gasteiger charge is 2.13. The Hall–Kier alpha value is -0.835. The lowest BCUT2D eigenvalue weighted by Crippen LogP contribution is -2.39. The van der Waals surface area contributed by atoms with Crippen molar-refractivity contribution in [2.45, 2.75) is 26.1 Å². The molecule has 15 heavy (non-hydrogen) atoms. The van der Waals surface area contributed by atoms with Crippen molar-refractivity contribution in [1.82, 2.24) is 10.2 Å². The first-order valence-electron chi connectivity index (χ1n) is 5.23. The minimum absolute atomic E-state index is 0.00546. The second-order valence-corrected chi connectivity index (χ2v) is 3.51. The van der Waals surface area contributed by atoms with Crippen LogP contribution < -0.4 is 5.32 Å². The molecule has 0 spiro atoms. The molecule has 0 aromatic carbocycles. The van der Waals surface area contributed by atoms with E-state index in [1.165, 1.54) is 6.92 Å². The van der Waals surface area contributed by atoms with E-state index in [-0.39, 0.29) is 18.2 Å². The zero-order chi connectivity index (χ0) is 11.7. The Kier molecular flexibility index (Phi) is 8.00. The fourth-order valence-corrected chi connectivity index (χ4v) is 1.22. The van der Waals surface area contributed by atoms with Crippen molar-refractivity contribution in [1.29, 1.82) is 0 Å². The molecule has 1 amide bonds. The Morgan fingerprint density at radius 1 is 1.40 bits per heavy atom. The molecule has 4 nitrogen and oxygen atoms in total. The Morgan fingerprint density at radius 2 is 2.07 bits per heavy atom. The lowest BCUT2D eigenvalue weighted by Gasteiger charge is -2.21. The smallest absolute Gasteiger partial charge is 0.222 e. The summed E-state index contributed by atoms with van der Waals surface area (Å²) >= 11 is 0. The van der Waals surface area contributed by atoms with Gasteiger partial charge in [-0.3, -0.25) is 9.59 Å². The highest BCUT2D eigenvalue weighted by Crippen LogP contribution is 2.00. The molecule has 0 aliphatic rings. The topological polar surface area (TPSA) is 49.4 Å². The van der Waals surface area contributed by atoms with Crippen LogP contribution in [0.15, 0.2) is 0 Å². The Morgan fingerprint density at radius 3 is 2.53 bits per heavy atom. The maximum atomic E-state index is 11.6. The van der Waals surface area contributed by atoms with Crippen LogP contribution in [-0.2, 0) is 9.59 Å². The van der Waals surface area contributed by atoms with E-state index in [1.54, 1.807) is 4.90 Å². The van der Waals surface area contributed by atoms with Crippen LogP contribution in [0.1, 0.15) is 19.8 Å². The summed E-state index contributed by atoms with van der Waals surface area (Å²) in [4.78, 5) is 24.2. The van der Waals surface area contributed by atoms with E-state index in [4.69, 9.17) is 7.85 Å². The number of rotatable bonds is 8. The third-order valence-corrected chi connectivity index (χ3v) is 1.99. The largest absolute Gasteiger partial charge is 0.334 e. The molecule has 0 aliphatic carbocycles. The summed E-state index contributed by atoms with van der Waals surface area (Å²) in [6, 6.07) is 0. The Balaban J connectivity index is 4.07. The van der Waals surface area contributed by atoms with E-state index in [2.05, 4.69) is 5.32 Å². The molecule has 0 atom stereocenters. The van der Waals surface area contributed by atoms with Crippen molar-refractivity contribution >= 4 is 19.5 Å². The highest BCUT2D eigenvalue weighted by molar-refractivity contribution is 6.08. The summed E-state index contributed by atoms with van der Waals surface area (Å²) < 4.78 is 0. The number of hydrogen-bond donors (Lipinski definition) is 1. The maximum Gasteiger partial charge on any atom is 0.222 e. The zero-order valence-corrected chi connectivity index (χ0v) is 9.58. The van der Waals surface area contributed by atoms with Gasteiger partial charge in [0.1, 0.15) is 5.78 Å². The molecular formula is C10H19BN2O2. The molecule has 5 heteroatoms. The number of hydrogen-bond acceptors (Lipinski definition) is 3. The zero-order valence-electron chi connectivity index (χ0n) is 9.58. The molecule has 0 aromatic rings. The predicted octanol–water partition coefficient (Wildman–Crippen LogP) is -0.00960. The number of nitrogens with one attached hydrogen (secondary N) is 1. The van der Waals surface area contributed by atoms with Gasteiger partial charge in [0.2, 0.25) is 5.91 Å². The highest BCUT2D eigenvalue weighted by atomic mass is 16.2. The average molecular weight is 210 g/mol. The first kappa shape index (κ1) is 14.2. The molecule has 0 saturated carbocycles. The molecule has 0 unspecified atom stereocenters. The second-order valence-electron chi connectivity index (χ2n) is 3.51. The number of carbonyl (C=O) groups is 2. The maximum absolute atomic E-state index is 11.6. The number of ketones is 1. The standard InChI is InChI=1S/C10H19BN2O2/c1-9(14)8-13(7-6-12-2)10(15)4-3-5-11/h12H,3-8H2,1-2H3. The van der Waals surface area contributed by atoms with Gasteiger partial charge in [-0.05, 0) is 14.0 Å². The van der Waals surface area contributed by atoms with Crippen molar-refractivity contribution in [3.05, 3.63) is 0 Å². The van der Waals surface area contributed by atoms with E-state index in [0.717, 1.165) is 0 Å². The third-order valence-electron chi connectivity index (χ3n) is 1.99. The van der Waals surface area contributed by atoms with Crippen LogP contribution in [-0.4, -0.2) is 51.1 Å². The Labute approximate surface area is 92.8 Å². The van der Waals surface area contributed by atoms with Gasteiger partial charge in [-0.1, -0.05) is 12.7 Å². The first-order chi connectivity index (χ1) is 7.11. The van der Waals surface area contributed by atoms with Gasteiger partial charge < -0.3 is 10.2 Å². The quantitative estimate of drug-likeness (QED) is 0.573. The molecular weight excluding hydrogens is 191 g/mol. The molecule has 0 heterocycles. The Bertz CT molecular complexity index is 210. The van der Waals surface area contributed by atoms with Gasteiger partial charge in [-0.15, -0.1) is 0 Å². The lowest BCUT2D eigenvalue weighted by molar-refractivity contribution is -0.134. The van der Waals surface area contributed by atoms with Crippen LogP contribution in [0.2, 0.25) is 6.32 Å². The number of carbonyl (C=O) groups excluding carboxylic acids is 2. The van der Waals surface area contributed by atoms with Gasteiger partial charge in [0.15, 0.2) is 0 Å².